The number of ether oxygens (including phenoxy) is 1. The molecule has 0 saturated carbocycles. The van der Waals surface area contributed by atoms with Crippen molar-refractivity contribution in [2.45, 2.75) is 31.8 Å². The zero-order valence-corrected chi connectivity index (χ0v) is 14.8. The van der Waals surface area contributed by atoms with E-state index in [0.29, 0.717) is 19.5 Å². The van der Waals surface area contributed by atoms with Gasteiger partial charge in [-0.15, -0.1) is 0 Å². The van der Waals surface area contributed by atoms with Gasteiger partial charge in [-0.25, -0.2) is 4.79 Å². The maximum atomic E-state index is 12.4. The van der Waals surface area contributed by atoms with Crippen LogP contribution in [0, 0.1) is 5.92 Å². The summed E-state index contributed by atoms with van der Waals surface area (Å²) in [6.45, 7) is 5.08. The molecule has 114 valence electrons. The number of hydrogen-bond acceptors (Lipinski definition) is 6. The molecule has 0 aromatic heterocycles. The summed E-state index contributed by atoms with van der Waals surface area (Å²) < 4.78 is 4.92. The Balaban J connectivity index is 0.00000176. The topological polar surface area (TPSA) is 116 Å². The van der Waals surface area contributed by atoms with Crippen molar-refractivity contribution in [2.24, 2.45) is 11.7 Å². The van der Waals surface area contributed by atoms with Crippen LogP contribution in [0.5, 0.6) is 0 Å². The Labute approximate surface area is 149 Å². The van der Waals surface area contributed by atoms with Crippen LogP contribution < -0.4 is 40.4 Å². The Bertz CT molecular complexity index is 592. The van der Waals surface area contributed by atoms with E-state index in [9.17, 15) is 19.5 Å². The van der Waals surface area contributed by atoms with E-state index in [4.69, 9.17) is 10.5 Å². The van der Waals surface area contributed by atoms with Gasteiger partial charge in [0.1, 0.15) is 17.5 Å². The van der Waals surface area contributed by atoms with Gasteiger partial charge >= 0.3 is 35.7 Å². The van der Waals surface area contributed by atoms with Crippen LogP contribution >= 0.6 is 0 Å². The third-order valence-electron chi connectivity index (χ3n) is 4.85. The molecule has 3 rings (SSSR count). The minimum absolute atomic E-state index is 0. The maximum absolute atomic E-state index is 12.4. The third-order valence-corrected chi connectivity index (χ3v) is 4.85. The zero-order valence-electron chi connectivity index (χ0n) is 12.8. The quantitative estimate of drug-likeness (QED) is 0.413. The number of likely N-dealkylation sites (N-methyl/N-ethyl adjacent to an activating group) is 1. The van der Waals surface area contributed by atoms with Crippen LogP contribution in [-0.4, -0.2) is 52.4 Å². The summed E-state index contributed by atoms with van der Waals surface area (Å²) in [7, 11) is 0. The molecule has 0 aromatic rings. The van der Waals surface area contributed by atoms with Crippen LogP contribution in [0.15, 0.2) is 11.5 Å². The largest absolute Gasteiger partial charge is 1.00 e. The number of β-lactam (4-membered cyclic amide) rings is 1. The monoisotopic (exact) mass is 317 g/mol. The van der Waals surface area contributed by atoms with Crippen molar-refractivity contribution >= 4 is 18.0 Å². The van der Waals surface area contributed by atoms with Crippen LogP contribution in [0.3, 0.4) is 0 Å². The molecule has 22 heavy (non-hydrogen) atoms. The van der Waals surface area contributed by atoms with Crippen molar-refractivity contribution in [3.05, 3.63) is 11.5 Å². The summed E-state index contributed by atoms with van der Waals surface area (Å²) in [6, 6.07) is -0.399. The van der Waals surface area contributed by atoms with Crippen molar-refractivity contribution in [3.63, 3.8) is 0 Å². The van der Waals surface area contributed by atoms with E-state index >= 15 is 0 Å². The molecule has 0 aromatic carbocycles. The smallest absolute Gasteiger partial charge is 0.543 e. The summed E-state index contributed by atoms with van der Waals surface area (Å²) in [5.74, 6) is -2.23. The number of likely N-dealkylation sites (tertiary alicyclic amines) is 1. The Morgan fingerprint density at radius 3 is 2.64 bits per heavy atom. The van der Waals surface area contributed by atoms with Crippen molar-refractivity contribution < 1.29 is 53.8 Å². The van der Waals surface area contributed by atoms with Crippen molar-refractivity contribution in [3.8, 4) is 0 Å². The van der Waals surface area contributed by atoms with Gasteiger partial charge in [-0.05, 0) is 26.4 Å². The molecule has 3 aliphatic heterocycles. The molecule has 8 nitrogen and oxygen atoms in total. The molecule has 0 radical (unpaired) electrons. The first-order valence-electron chi connectivity index (χ1n) is 6.84. The van der Waals surface area contributed by atoms with E-state index < -0.39 is 23.6 Å². The minimum atomic E-state index is -1.53. The number of nitrogens with two attached hydrogens (primary N) is 1. The summed E-state index contributed by atoms with van der Waals surface area (Å²) in [6.07, 6.45) is -0.499. The van der Waals surface area contributed by atoms with Crippen molar-refractivity contribution in [1.29, 1.82) is 0 Å². The van der Waals surface area contributed by atoms with E-state index in [1.54, 1.807) is 0 Å². The Hall–Kier alpha value is -1.09. The second-order valence-corrected chi connectivity index (χ2v) is 5.69. The van der Waals surface area contributed by atoms with Gasteiger partial charge in [0.05, 0.1) is 11.5 Å². The first-order valence-corrected chi connectivity index (χ1v) is 6.84. The Kier molecular flexibility index (Phi) is 4.33. The maximum Gasteiger partial charge on any atom is 1.00 e. The predicted octanol–water partition coefficient (Wildman–Crippen LogP) is -4.63. The number of carboxylic acids is 1. The van der Waals surface area contributed by atoms with Gasteiger partial charge in [0.2, 0.25) is 5.91 Å². The molecule has 0 aliphatic carbocycles. The summed E-state index contributed by atoms with van der Waals surface area (Å²) in [5, 5.41) is 11.4. The number of carbonyl (C=O) groups is 3. The summed E-state index contributed by atoms with van der Waals surface area (Å²) >= 11 is 0. The number of hydrogen-bond donors (Lipinski definition) is 1. The van der Waals surface area contributed by atoms with E-state index in [1.807, 2.05) is 18.7 Å². The summed E-state index contributed by atoms with van der Waals surface area (Å²) in [4.78, 5) is 38.0. The SMILES string of the molecule is CCN1CCC2C(OC(N)=O)=C(C(=O)[O-])N3C(=O)[C@@H]1[C@@]23C.[Na+]. The molecule has 2 fully saturated rings. The second-order valence-electron chi connectivity index (χ2n) is 5.69. The molecule has 9 heteroatoms. The summed E-state index contributed by atoms with van der Waals surface area (Å²) in [5.41, 5.74) is 3.95. The second kappa shape index (κ2) is 5.52. The molecular formula is C13H16N3NaO5. The standard InChI is InChI=1S/C13H17N3O5.Na/c1-3-15-5-4-6-8(21-12(14)20)7(11(18)19)16-10(17)9(15)13(6,16)2;/h6,9H,3-5H2,1-2H3,(H2,14,20)(H,18,19);/q;+1/p-1/t6?,9-,13-;/m1./s1. The number of amides is 2. The molecule has 0 bridgehead atoms. The average molecular weight is 317 g/mol. The molecule has 1 unspecified atom stereocenters. The van der Waals surface area contributed by atoms with Gasteiger partial charge in [-0.2, -0.15) is 0 Å². The number of carbonyl (C=O) groups excluding carboxylic acids is 3. The number of carboxylic acid groups (broad SMARTS) is 1. The number of piperidine rings is 1. The van der Waals surface area contributed by atoms with Crippen LogP contribution in [-0.2, 0) is 14.3 Å². The first-order chi connectivity index (χ1) is 9.83. The van der Waals surface area contributed by atoms with Crippen LogP contribution in [0.25, 0.3) is 0 Å². The van der Waals surface area contributed by atoms with E-state index in [0.717, 1.165) is 0 Å². The average Bonchev–Trinajstić information content (AvgIpc) is 2.65. The predicted molar refractivity (Wildman–Crippen MR) is 67.1 cm³/mol. The zero-order chi connectivity index (χ0) is 15.5. The minimum Gasteiger partial charge on any atom is -0.543 e. The van der Waals surface area contributed by atoms with Gasteiger partial charge in [0, 0.05) is 5.92 Å². The fraction of sp³-hybridized carbons (Fsp3) is 0.615. The molecule has 3 aliphatic rings. The molecule has 3 atom stereocenters. The Morgan fingerprint density at radius 1 is 1.50 bits per heavy atom. The number of nitrogens with zero attached hydrogens (tertiary/aromatic N) is 2. The fourth-order valence-corrected chi connectivity index (χ4v) is 4.04. The molecule has 3 heterocycles. The normalized spacial score (nSPS) is 33.0. The number of aliphatic carboxylic acids is 1. The Morgan fingerprint density at radius 2 is 2.14 bits per heavy atom. The van der Waals surface area contributed by atoms with Crippen molar-refractivity contribution in [2.75, 3.05) is 13.1 Å². The third kappa shape index (κ3) is 1.94. The molecular weight excluding hydrogens is 301 g/mol. The van der Waals surface area contributed by atoms with E-state index in [1.165, 1.54) is 4.90 Å². The van der Waals surface area contributed by atoms with Gasteiger partial charge < -0.3 is 20.4 Å². The van der Waals surface area contributed by atoms with Gasteiger partial charge in [-0.1, -0.05) is 6.92 Å². The molecule has 0 spiro atoms. The van der Waals surface area contributed by atoms with E-state index in [2.05, 4.69) is 0 Å². The van der Waals surface area contributed by atoms with Crippen molar-refractivity contribution in [1.82, 2.24) is 9.80 Å². The molecule has 2 saturated heterocycles. The van der Waals surface area contributed by atoms with Gasteiger partial charge in [0.25, 0.3) is 0 Å². The first kappa shape index (κ1) is 17.3. The van der Waals surface area contributed by atoms with Crippen LogP contribution in [0.1, 0.15) is 20.3 Å². The van der Waals surface area contributed by atoms with Crippen LogP contribution in [0.2, 0.25) is 0 Å². The van der Waals surface area contributed by atoms with E-state index in [-0.39, 0.29) is 52.8 Å². The fourth-order valence-electron chi connectivity index (χ4n) is 4.04. The van der Waals surface area contributed by atoms with Gasteiger partial charge in [0.15, 0.2) is 0 Å². The molecule has 2 N–H and O–H groups in total. The van der Waals surface area contributed by atoms with Crippen LogP contribution in [0.4, 0.5) is 4.79 Å². The number of primary amides is 1. The van der Waals surface area contributed by atoms with Gasteiger partial charge in [-0.3, -0.25) is 14.6 Å². The number of rotatable bonds is 3. The molecule has 2 amide bonds.